The maximum absolute atomic E-state index is 10.3. The van der Waals surface area contributed by atoms with Gasteiger partial charge in [0.25, 0.3) is 0 Å². The molecule has 2 aromatic heterocycles. The minimum atomic E-state index is -1.50. The zero-order chi connectivity index (χ0) is 19.6. The molecule has 3 heterocycles. The number of nitrogens with zero attached hydrogens (tertiary/aromatic N) is 4. The Bertz CT molecular complexity index is 810. The molecule has 0 bridgehead atoms. The van der Waals surface area contributed by atoms with Gasteiger partial charge in [-0.1, -0.05) is 11.6 Å². The summed E-state index contributed by atoms with van der Waals surface area (Å²) in [5.41, 5.74) is 1.57. The van der Waals surface area contributed by atoms with Gasteiger partial charge in [0, 0.05) is 6.54 Å². The average molecular weight is 381 g/mol. The van der Waals surface area contributed by atoms with Crippen molar-refractivity contribution >= 4 is 17.0 Å². The highest BCUT2D eigenvalue weighted by molar-refractivity contribution is 5.82. The third-order valence-electron chi connectivity index (χ3n) is 4.47. The first-order chi connectivity index (χ1) is 13.0. The van der Waals surface area contributed by atoms with E-state index in [0.29, 0.717) is 23.5 Å². The molecule has 0 saturated carbocycles. The van der Waals surface area contributed by atoms with Crippen molar-refractivity contribution in [2.24, 2.45) is 0 Å². The summed E-state index contributed by atoms with van der Waals surface area (Å²) in [5.74, 6) is 0.449. The molecule has 5 atom stereocenters. The fraction of sp³-hybridized carbons (Fsp3) is 0.562. The number of fused-ring (bicyclic) bond motifs is 1. The van der Waals surface area contributed by atoms with Gasteiger partial charge < -0.3 is 35.6 Å². The van der Waals surface area contributed by atoms with Crippen molar-refractivity contribution < 1.29 is 30.3 Å². The van der Waals surface area contributed by atoms with Gasteiger partial charge in [-0.3, -0.25) is 4.57 Å². The molecule has 0 radical (unpaired) electrons. The first kappa shape index (κ1) is 19.6. The van der Waals surface area contributed by atoms with E-state index in [1.54, 1.807) is 6.92 Å². The average Bonchev–Trinajstić information content (AvgIpc) is 3.11. The highest BCUT2D eigenvalue weighted by atomic mass is 16.6. The van der Waals surface area contributed by atoms with Crippen molar-refractivity contribution in [2.45, 2.75) is 37.6 Å². The van der Waals surface area contributed by atoms with Crippen LogP contribution >= 0.6 is 0 Å². The normalized spacial score (nSPS) is 29.3. The highest BCUT2D eigenvalue weighted by Gasteiger charge is 2.44. The van der Waals surface area contributed by atoms with Gasteiger partial charge in [-0.25, -0.2) is 15.0 Å². The van der Waals surface area contributed by atoms with E-state index in [0.717, 1.165) is 5.57 Å². The SMILES string of the molecule is C/C(=C/CNc1ncnc2c1ncn2[C@H]1O[C@H](CO)[C@@H](O)[C@H](O)[C@H]1O)CO. The number of hydrogen-bond acceptors (Lipinski definition) is 10. The zero-order valence-corrected chi connectivity index (χ0v) is 14.7. The van der Waals surface area contributed by atoms with Gasteiger partial charge in [-0.05, 0) is 6.92 Å². The summed E-state index contributed by atoms with van der Waals surface area (Å²) in [4.78, 5) is 12.6. The quantitative estimate of drug-likeness (QED) is 0.313. The second-order valence-electron chi connectivity index (χ2n) is 6.36. The molecule has 1 aliphatic heterocycles. The number of imidazole rings is 1. The third-order valence-corrected chi connectivity index (χ3v) is 4.47. The van der Waals surface area contributed by atoms with Gasteiger partial charge in [-0.2, -0.15) is 0 Å². The van der Waals surface area contributed by atoms with Gasteiger partial charge in [0.15, 0.2) is 23.2 Å². The van der Waals surface area contributed by atoms with E-state index in [1.807, 2.05) is 6.08 Å². The Morgan fingerprint density at radius 2 is 1.96 bits per heavy atom. The van der Waals surface area contributed by atoms with Crippen LogP contribution < -0.4 is 5.32 Å². The predicted octanol–water partition coefficient (Wildman–Crippen LogP) is -1.85. The van der Waals surface area contributed by atoms with Crippen LogP contribution in [0, 0.1) is 0 Å². The molecule has 1 saturated heterocycles. The summed E-state index contributed by atoms with van der Waals surface area (Å²) < 4.78 is 6.96. The molecule has 1 aliphatic rings. The molecule has 0 unspecified atom stereocenters. The fourth-order valence-corrected chi connectivity index (χ4v) is 2.87. The smallest absolute Gasteiger partial charge is 0.167 e. The second-order valence-corrected chi connectivity index (χ2v) is 6.36. The van der Waals surface area contributed by atoms with Gasteiger partial charge in [0.05, 0.1) is 19.5 Å². The lowest BCUT2D eigenvalue weighted by Crippen LogP contribution is -2.56. The summed E-state index contributed by atoms with van der Waals surface area (Å²) >= 11 is 0. The summed E-state index contributed by atoms with van der Waals surface area (Å²) in [6.45, 7) is 1.66. The molecule has 2 aromatic rings. The zero-order valence-electron chi connectivity index (χ0n) is 14.7. The number of aliphatic hydroxyl groups excluding tert-OH is 5. The number of aromatic nitrogens is 4. The Morgan fingerprint density at radius 1 is 1.19 bits per heavy atom. The second kappa shape index (κ2) is 8.25. The Morgan fingerprint density at radius 3 is 2.67 bits per heavy atom. The molecule has 6 N–H and O–H groups in total. The lowest BCUT2D eigenvalue weighted by Gasteiger charge is -2.40. The lowest BCUT2D eigenvalue weighted by atomic mass is 9.98. The molecule has 148 valence electrons. The molecule has 1 fully saturated rings. The number of aliphatic hydroxyl groups is 5. The Kier molecular flexibility index (Phi) is 5.99. The van der Waals surface area contributed by atoms with Crippen LogP contribution in [0.25, 0.3) is 11.2 Å². The van der Waals surface area contributed by atoms with Crippen LogP contribution in [0.15, 0.2) is 24.3 Å². The van der Waals surface area contributed by atoms with E-state index in [4.69, 9.17) is 9.84 Å². The molecule has 0 aliphatic carbocycles. The molecule has 0 amide bonds. The van der Waals surface area contributed by atoms with E-state index >= 15 is 0 Å². The van der Waals surface area contributed by atoms with Crippen molar-refractivity contribution in [3.05, 3.63) is 24.3 Å². The number of nitrogens with one attached hydrogen (secondary N) is 1. The number of ether oxygens (including phenoxy) is 1. The van der Waals surface area contributed by atoms with Crippen LogP contribution in [-0.4, -0.2) is 89.2 Å². The molecule has 11 nitrogen and oxygen atoms in total. The van der Waals surface area contributed by atoms with Crippen LogP contribution in [0.2, 0.25) is 0 Å². The first-order valence-corrected chi connectivity index (χ1v) is 8.46. The van der Waals surface area contributed by atoms with Crippen molar-refractivity contribution in [3.8, 4) is 0 Å². The monoisotopic (exact) mass is 381 g/mol. The van der Waals surface area contributed by atoms with Crippen LogP contribution in [0.4, 0.5) is 5.82 Å². The molecular formula is C16H23N5O6. The first-order valence-electron chi connectivity index (χ1n) is 8.46. The summed E-state index contributed by atoms with van der Waals surface area (Å²) in [6, 6.07) is 0. The Balaban J connectivity index is 1.89. The number of anilines is 1. The largest absolute Gasteiger partial charge is 0.394 e. The number of hydrogen-bond donors (Lipinski definition) is 6. The van der Waals surface area contributed by atoms with Crippen molar-refractivity contribution in [2.75, 3.05) is 25.1 Å². The van der Waals surface area contributed by atoms with Crippen LogP contribution in [-0.2, 0) is 4.74 Å². The Hall–Kier alpha value is -2.15. The fourth-order valence-electron chi connectivity index (χ4n) is 2.87. The van der Waals surface area contributed by atoms with Gasteiger partial charge in [-0.15, -0.1) is 0 Å². The molecule has 0 aromatic carbocycles. The molecule has 0 spiro atoms. The Labute approximate surface area is 154 Å². The summed E-state index contributed by atoms with van der Waals surface area (Å²) in [5, 5.41) is 51.6. The highest BCUT2D eigenvalue weighted by Crippen LogP contribution is 2.31. The van der Waals surface area contributed by atoms with Gasteiger partial charge in [0.2, 0.25) is 0 Å². The summed E-state index contributed by atoms with van der Waals surface area (Å²) in [6.07, 6.45) is -2.00. The number of rotatable bonds is 6. The van der Waals surface area contributed by atoms with Crippen LogP contribution in [0.3, 0.4) is 0 Å². The van der Waals surface area contributed by atoms with Crippen molar-refractivity contribution in [1.82, 2.24) is 19.5 Å². The van der Waals surface area contributed by atoms with Crippen molar-refractivity contribution in [1.29, 1.82) is 0 Å². The predicted molar refractivity (Wildman–Crippen MR) is 93.7 cm³/mol. The topological polar surface area (TPSA) is 166 Å². The van der Waals surface area contributed by atoms with Crippen molar-refractivity contribution in [3.63, 3.8) is 0 Å². The third kappa shape index (κ3) is 3.78. The van der Waals surface area contributed by atoms with E-state index in [2.05, 4.69) is 20.3 Å². The maximum Gasteiger partial charge on any atom is 0.167 e. The standard InChI is InChI=1S/C16H23N5O6/c1-8(4-22)2-3-17-14-10-15(19-6-18-14)21(7-20-10)16-13(26)12(25)11(24)9(5-23)27-16/h2,6-7,9,11-13,16,22-26H,3-5H2,1H3,(H,17,18,19)/b8-2-/t9-,11-,12+,13-,16+/m1/s1. The summed E-state index contributed by atoms with van der Waals surface area (Å²) in [7, 11) is 0. The van der Waals surface area contributed by atoms with Crippen LogP contribution in [0.5, 0.6) is 0 Å². The molecule has 11 heteroatoms. The molecule has 27 heavy (non-hydrogen) atoms. The van der Waals surface area contributed by atoms with Gasteiger partial charge in [0.1, 0.15) is 30.7 Å². The minimum absolute atomic E-state index is 0.0351. The maximum atomic E-state index is 10.3. The van der Waals surface area contributed by atoms with E-state index in [-0.39, 0.29) is 6.61 Å². The van der Waals surface area contributed by atoms with Gasteiger partial charge >= 0.3 is 0 Å². The minimum Gasteiger partial charge on any atom is -0.394 e. The molecule has 3 rings (SSSR count). The van der Waals surface area contributed by atoms with E-state index < -0.39 is 37.3 Å². The van der Waals surface area contributed by atoms with Crippen LogP contribution in [0.1, 0.15) is 13.2 Å². The molecular weight excluding hydrogens is 358 g/mol. The lowest BCUT2D eigenvalue weighted by molar-refractivity contribution is -0.250. The van der Waals surface area contributed by atoms with E-state index in [9.17, 15) is 20.4 Å². The van der Waals surface area contributed by atoms with E-state index in [1.165, 1.54) is 17.2 Å².